The lowest BCUT2D eigenvalue weighted by Crippen LogP contribution is -2.54. The molecule has 0 aromatic heterocycles. The minimum Gasteiger partial charge on any atom is -0.427 e. The maximum absolute atomic E-state index is 13.8. The SMILES string of the molecule is C[C@H](N(Cc1ccc(F)cc1)C(=O)CN1C(=O)O[C@@]2(CCc3cc(NC(=O)CCc4ccc(NC(=O)CCCCCCc5ccc6c(c5)C(=O)N(C5CCC(=O)NC5=O)C6=O)cc4)ccc32)C1=O)C(F)(F)F. The van der Waals surface area contributed by atoms with Crippen molar-refractivity contribution in [1.29, 1.82) is 0 Å². The quantitative estimate of drug-likeness (QED) is 0.0527. The molecule has 1 spiro atoms. The summed E-state index contributed by atoms with van der Waals surface area (Å²) in [4.78, 5) is 118. The molecule has 3 atom stereocenters. The van der Waals surface area contributed by atoms with Gasteiger partial charge in [0.25, 0.3) is 17.7 Å². The van der Waals surface area contributed by atoms with Gasteiger partial charge in [0.05, 0.1) is 11.1 Å². The molecule has 4 aliphatic rings. The minimum absolute atomic E-state index is 0.0111. The number of amides is 9. The third-order valence-corrected chi connectivity index (χ3v) is 13.5. The molecular formula is C52H50F4N6O10. The zero-order valence-electron chi connectivity index (χ0n) is 39.1. The zero-order chi connectivity index (χ0) is 51.5. The molecule has 376 valence electrons. The molecule has 1 aliphatic carbocycles. The molecule has 3 aliphatic heterocycles. The lowest BCUT2D eigenvalue weighted by atomic mass is 9.94. The smallest absolute Gasteiger partial charge is 0.418 e. The van der Waals surface area contributed by atoms with Crippen molar-refractivity contribution in [1.82, 2.24) is 20.0 Å². The van der Waals surface area contributed by atoms with Crippen LogP contribution in [0.2, 0.25) is 0 Å². The molecule has 2 fully saturated rings. The number of carbonyl (C=O) groups excluding carboxylic acids is 9. The Labute approximate surface area is 410 Å². The highest BCUT2D eigenvalue weighted by Gasteiger charge is 2.59. The van der Waals surface area contributed by atoms with E-state index in [1.165, 1.54) is 24.3 Å². The summed E-state index contributed by atoms with van der Waals surface area (Å²) >= 11 is 0. The number of aryl methyl sites for hydroxylation is 3. The second-order valence-corrected chi connectivity index (χ2v) is 18.4. The van der Waals surface area contributed by atoms with Gasteiger partial charge in [-0.3, -0.25) is 48.6 Å². The molecule has 9 amide bonds. The lowest BCUT2D eigenvalue weighted by molar-refractivity contribution is -0.187. The van der Waals surface area contributed by atoms with Gasteiger partial charge in [0.15, 0.2) is 0 Å². The number of hydrogen-bond donors (Lipinski definition) is 3. The first-order valence-corrected chi connectivity index (χ1v) is 23.6. The molecule has 1 unspecified atom stereocenters. The van der Waals surface area contributed by atoms with Crippen molar-refractivity contribution in [3.05, 3.63) is 130 Å². The van der Waals surface area contributed by atoms with Gasteiger partial charge < -0.3 is 20.3 Å². The maximum Gasteiger partial charge on any atom is 0.418 e. The molecule has 3 N–H and O–H groups in total. The van der Waals surface area contributed by atoms with E-state index in [2.05, 4.69) is 16.0 Å². The predicted octanol–water partition coefficient (Wildman–Crippen LogP) is 7.03. The summed E-state index contributed by atoms with van der Waals surface area (Å²) in [5.74, 6) is -5.31. The van der Waals surface area contributed by atoms with Gasteiger partial charge in [0, 0.05) is 49.2 Å². The van der Waals surface area contributed by atoms with Crippen LogP contribution in [0, 0.1) is 5.82 Å². The van der Waals surface area contributed by atoms with E-state index in [0.29, 0.717) is 58.0 Å². The summed E-state index contributed by atoms with van der Waals surface area (Å²) in [5, 5.41) is 7.91. The predicted molar refractivity (Wildman–Crippen MR) is 249 cm³/mol. The van der Waals surface area contributed by atoms with Crippen molar-refractivity contribution < 1.29 is 65.4 Å². The molecule has 0 bridgehead atoms. The summed E-state index contributed by atoms with van der Waals surface area (Å²) in [5.41, 5.74) is 2.57. The fourth-order valence-electron chi connectivity index (χ4n) is 9.46. The Morgan fingerprint density at radius 3 is 2.14 bits per heavy atom. The number of imide groups is 3. The van der Waals surface area contributed by atoms with E-state index in [4.69, 9.17) is 4.74 Å². The largest absolute Gasteiger partial charge is 0.427 e. The van der Waals surface area contributed by atoms with Gasteiger partial charge in [-0.15, -0.1) is 0 Å². The van der Waals surface area contributed by atoms with Crippen LogP contribution in [-0.2, 0) is 64.9 Å². The highest BCUT2D eigenvalue weighted by Crippen LogP contribution is 2.46. The Morgan fingerprint density at radius 2 is 1.42 bits per heavy atom. The van der Waals surface area contributed by atoms with Gasteiger partial charge in [0.2, 0.25) is 35.1 Å². The summed E-state index contributed by atoms with van der Waals surface area (Å²) in [6.45, 7) is -0.799. The number of fused-ring (bicyclic) bond motifs is 3. The molecular weight excluding hydrogens is 945 g/mol. The molecule has 0 saturated carbocycles. The maximum atomic E-state index is 13.8. The van der Waals surface area contributed by atoms with Crippen molar-refractivity contribution in [3.63, 3.8) is 0 Å². The number of halogens is 4. The van der Waals surface area contributed by atoms with E-state index >= 15 is 0 Å². The number of rotatable bonds is 18. The van der Waals surface area contributed by atoms with Crippen molar-refractivity contribution in [2.24, 2.45) is 0 Å². The van der Waals surface area contributed by atoms with E-state index in [-0.39, 0.29) is 60.6 Å². The van der Waals surface area contributed by atoms with Crippen LogP contribution in [0.1, 0.15) is 113 Å². The van der Waals surface area contributed by atoms with Crippen molar-refractivity contribution in [2.45, 2.75) is 114 Å². The third-order valence-electron chi connectivity index (χ3n) is 13.5. The molecule has 4 aromatic carbocycles. The summed E-state index contributed by atoms with van der Waals surface area (Å²) in [6.07, 6.45) is -1.07. The number of nitrogens with zero attached hydrogens (tertiary/aromatic N) is 3. The van der Waals surface area contributed by atoms with Crippen LogP contribution in [0.3, 0.4) is 0 Å². The Balaban J connectivity index is 0.749. The second-order valence-electron chi connectivity index (χ2n) is 18.4. The number of nitrogens with one attached hydrogen (secondary N) is 3. The normalized spacial score (nSPS) is 18.8. The third kappa shape index (κ3) is 10.9. The van der Waals surface area contributed by atoms with E-state index in [9.17, 15) is 60.7 Å². The number of ether oxygens (including phenoxy) is 1. The Kier molecular flexibility index (Phi) is 14.7. The number of anilines is 2. The average molecular weight is 995 g/mol. The fourth-order valence-corrected chi connectivity index (χ4v) is 9.46. The first kappa shape index (κ1) is 50.6. The Morgan fingerprint density at radius 1 is 0.764 bits per heavy atom. The average Bonchev–Trinajstić information content (AvgIpc) is 3.91. The van der Waals surface area contributed by atoms with Crippen LogP contribution in [0.15, 0.2) is 84.9 Å². The number of piperidine rings is 1. The van der Waals surface area contributed by atoms with Gasteiger partial charge in [0.1, 0.15) is 24.4 Å². The second kappa shape index (κ2) is 20.9. The number of carbonyl (C=O) groups is 9. The van der Waals surface area contributed by atoms with Crippen molar-refractivity contribution in [3.8, 4) is 0 Å². The molecule has 2 saturated heterocycles. The van der Waals surface area contributed by atoms with Crippen LogP contribution in [0.25, 0.3) is 0 Å². The Hall–Kier alpha value is -7.77. The molecule has 4 aromatic rings. The van der Waals surface area contributed by atoms with Crippen LogP contribution < -0.4 is 16.0 Å². The Bertz CT molecular complexity index is 2860. The van der Waals surface area contributed by atoms with E-state index in [1.807, 2.05) is 12.1 Å². The monoisotopic (exact) mass is 994 g/mol. The summed E-state index contributed by atoms with van der Waals surface area (Å²) in [6, 6.07) is 18.1. The summed E-state index contributed by atoms with van der Waals surface area (Å²) in [7, 11) is 0. The van der Waals surface area contributed by atoms with Crippen LogP contribution >= 0.6 is 0 Å². The van der Waals surface area contributed by atoms with Crippen LogP contribution in [0.5, 0.6) is 0 Å². The fraction of sp³-hybridized carbons (Fsp3) is 0.365. The van der Waals surface area contributed by atoms with Gasteiger partial charge in [-0.2, -0.15) is 13.2 Å². The first-order valence-electron chi connectivity index (χ1n) is 23.6. The van der Waals surface area contributed by atoms with Gasteiger partial charge in [-0.25, -0.2) is 14.1 Å². The molecule has 72 heavy (non-hydrogen) atoms. The van der Waals surface area contributed by atoms with E-state index in [0.717, 1.165) is 54.3 Å². The number of hydrogen-bond acceptors (Lipinski definition) is 10. The van der Waals surface area contributed by atoms with Crippen LogP contribution in [-0.4, -0.2) is 92.9 Å². The van der Waals surface area contributed by atoms with Gasteiger partial charge in [-0.1, -0.05) is 49.2 Å². The molecule has 20 heteroatoms. The topological polar surface area (TPSA) is 209 Å². The number of benzene rings is 4. The van der Waals surface area contributed by atoms with E-state index < -0.39 is 84.3 Å². The standard InChI is InChI=1S/C52H50F4N6O10/c1-30(52(54,55)56)60(28-33-8-14-35(53)15-9-33)45(66)29-61-49(70)51(72-50(61)71)25-24-34-27-37(18-20-40(34)51)58-43(64)22-13-31-10-16-36(17-11-31)57-42(63)7-5-3-2-4-6-32-12-19-38-39(26-32)48(69)62(47(38)68)41-21-23-44(65)59-46(41)67/h8-12,14-20,26-27,30,41H,2-7,13,21-25,28-29H2,1H3,(H,57,63)(H,58,64)(H,59,65,67)/t30-,41?,51+/m0/s1. The first-order chi connectivity index (χ1) is 34.3. The molecule has 8 rings (SSSR count). The number of alkyl halides is 3. The van der Waals surface area contributed by atoms with Gasteiger partial charge in [-0.05, 0) is 116 Å². The highest BCUT2D eigenvalue weighted by molar-refractivity contribution is 6.23. The van der Waals surface area contributed by atoms with Gasteiger partial charge >= 0.3 is 12.3 Å². The summed E-state index contributed by atoms with van der Waals surface area (Å²) < 4.78 is 60.6. The highest BCUT2D eigenvalue weighted by atomic mass is 19.4. The molecule has 16 nitrogen and oxygen atoms in total. The molecule has 0 radical (unpaired) electrons. The lowest BCUT2D eigenvalue weighted by Gasteiger charge is -2.31. The minimum atomic E-state index is -4.84. The number of unbranched alkanes of at least 4 members (excludes halogenated alkanes) is 3. The van der Waals surface area contributed by atoms with Crippen molar-refractivity contribution >= 4 is 64.7 Å². The van der Waals surface area contributed by atoms with Crippen molar-refractivity contribution in [2.75, 3.05) is 17.2 Å². The molecule has 3 heterocycles. The zero-order valence-corrected chi connectivity index (χ0v) is 39.1. The van der Waals surface area contributed by atoms with E-state index in [1.54, 1.807) is 36.4 Å². The van der Waals surface area contributed by atoms with Crippen LogP contribution in [0.4, 0.5) is 33.7 Å².